The Bertz CT molecular complexity index is 490. The van der Waals surface area contributed by atoms with Gasteiger partial charge in [-0.3, -0.25) is 4.79 Å². The monoisotopic (exact) mass is 314 g/mol. The largest absolute Gasteiger partial charge is 0.426 e. The number of carbonyl (C=O) groups is 1. The fraction of sp³-hybridized carbons (Fsp3) is 0.571. The predicted octanol–water partition coefficient (Wildman–Crippen LogP) is 6.07. The van der Waals surface area contributed by atoms with Gasteiger partial charge in [0.25, 0.3) is 0 Å². The molecule has 0 spiro atoms. The molecule has 2 heteroatoms. The van der Waals surface area contributed by atoms with Crippen LogP contribution >= 0.6 is 0 Å². The Kier molecular flexibility index (Phi) is 7.92. The zero-order valence-corrected chi connectivity index (χ0v) is 14.4. The van der Waals surface area contributed by atoms with Crippen LogP contribution in [0.3, 0.4) is 0 Å². The molecule has 1 unspecified atom stereocenters. The van der Waals surface area contributed by atoms with E-state index in [2.05, 4.69) is 13.0 Å². The molecule has 0 bridgehead atoms. The summed E-state index contributed by atoms with van der Waals surface area (Å²) in [5.74, 6) is 1.32. The van der Waals surface area contributed by atoms with Crippen molar-refractivity contribution in [1.82, 2.24) is 0 Å². The predicted molar refractivity (Wildman–Crippen MR) is 95.5 cm³/mol. The Hall–Kier alpha value is -1.57. The molecule has 0 fully saturated rings. The molecule has 23 heavy (non-hydrogen) atoms. The number of carbonyl (C=O) groups excluding carboxylic acids is 1. The molecule has 1 aromatic rings. The smallest absolute Gasteiger partial charge is 0.315 e. The van der Waals surface area contributed by atoms with E-state index >= 15 is 0 Å². The second-order valence-electron chi connectivity index (χ2n) is 6.67. The molecule has 0 N–H and O–H groups in total. The molecule has 0 aliphatic heterocycles. The van der Waals surface area contributed by atoms with Crippen molar-refractivity contribution in [3.8, 4) is 5.75 Å². The number of benzene rings is 1. The van der Waals surface area contributed by atoms with Crippen LogP contribution in [0.4, 0.5) is 0 Å². The third-order valence-corrected chi connectivity index (χ3v) is 4.68. The van der Waals surface area contributed by atoms with Crippen LogP contribution in [0.1, 0.15) is 71.1 Å². The van der Waals surface area contributed by atoms with Crippen molar-refractivity contribution in [3.05, 3.63) is 42.0 Å². The number of allylic oxidation sites excluding steroid dienone is 1. The summed E-state index contributed by atoms with van der Waals surface area (Å²) in [6.45, 7) is 2.26. The molecular formula is C21H30O2. The maximum atomic E-state index is 12.0. The van der Waals surface area contributed by atoms with E-state index in [0.717, 1.165) is 18.8 Å². The normalized spacial score (nSPS) is 17.6. The summed E-state index contributed by atoms with van der Waals surface area (Å²) in [7, 11) is 0. The minimum absolute atomic E-state index is 0.138. The minimum atomic E-state index is -0.138. The number of ether oxygens (including phenoxy) is 1. The highest BCUT2D eigenvalue weighted by molar-refractivity contribution is 5.75. The molecule has 1 aliphatic rings. The fourth-order valence-electron chi connectivity index (χ4n) is 3.24. The summed E-state index contributed by atoms with van der Waals surface area (Å²) < 4.78 is 5.37. The van der Waals surface area contributed by atoms with Gasteiger partial charge < -0.3 is 4.74 Å². The maximum absolute atomic E-state index is 12.0. The van der Waals surface area contributed by atoms with E-state index < -0.39 is 0 Å². The summed E-state index contributed by atoms with van der Waals surface area (Å²) in [5.41, 5.74) is 1.26. The quantitative estimate of drug-likeness (QED) is 0.239. The summed E-state index contributed by atoms with van der Waals surface area (Å²) in [5, 5.41) is 0. The van der Waals surface area contributed by atoms with Gasteiger partial charge in [-0.15, -0.1) is 0 Å². The molecule has 126 valence electrons. The van der Waals surface area contributed by atoms with E-state index in [1.165, 1.54) is 50.5 Å². The van der Waals surface area contributed by atoms with Gasteiger partial charge in [0.1, 0.15) is 5.75 Å². The SMILES string of the molecule is CCCCCCCC1CC=C(CC(=O)Oc2ccccc2)CC1. The van der Waals surface area contributed by atoms with Crippen LogP contribution in [-0.2, 0) is 4.79 Å². The lowest BCUT2D eigenvalue weighted by molar-refractivity contribution is -0.133. The molecule has 0 radical (unpaired) electrons. The molecule has 1 aliphatic carbocycles. The van der Waals surface area contributed by atoms with Crippen molar-refractivity contribution >= 4 is 5.97 Å². The highest BCUT2D eigenvalue weighted by atomic mass is 16.5. The van der Waals surface area contributed by atoms with Crippen LogP contribution in [0.15, 0.2) is 42.0 Å². The fourth-order valence-corrected chi connectivity index (χ4v) is 3.24. The second kappa shape index (κ2) is 10.3. The lowest BCUT2D eigenvalue weighted by Crippen LogP contribution is -2.12. The lowest BCUT2D eigenvalue weighted by atomic mass is 9.85. The number of esters is 1. The Morgan fingerprint density at radius 3 is 2.61 bits per heavy atom. The standard InChI is InChI=1S/C21H30O2/c1-2-3-4-5-7-10-18-13-15-19(16-14-18)17-21(22)23-20-11-8-6-9-12-20/h6,8-9,11-12,15,18H,2-5,7,10,13-14,16-17H2,1H3. The maximum Gasteiger partial charge on any atom is 0.315 e. The van der Waals surface area contributed by atoms with Crippen molar-refractivity contribution < 1.29 is 9.53 Å². The van der Waals surface area contributed by atoms with Crippen LogP contribution in [0.2, 0.25) is 0 Å². The van der Waals surface area contributed by atoms with E-state index in [0.29, 0.717) is 12.2 Å². The molecule has 0 saturated heterocycles. The van der Waals surface area contributed by atoms with Crippen LogP contribution in [-0.4, -0.2) is 5.97 Å². The van der Waals surface area contributed by atoms with Crippen LogP contribution in [0.5, 0.6) is 5.75 Å². The van der Waals surface area contributed by atoms with Gasteiger partial charge in [0.05, 0.1) is 6.42 Å². The van der Waals surface area contributed by atoms with Gasteiger partial charge in [0.15, 0.2) is 0 Å². The minimum Gasteiger partial charge on any atom is -0.426 e. The molecular weight excluding hydrogens is 284 g/mol. The highest BCUT2D eigenvalue weighted by Gasteiger charge is 2.16. The van der Waals surface area contributed by atoms with Crippen LogP contribution in [0.25, 0.3) is 0 Å². The zero-order valence-electron chi connectivity index (χ0n) is 14.4. The van der Waals surface area contributed by atoms with Gasteiger partial charge in [0, 0.05) is 0 Å². The lowest BCUT2D eigenvalue weighted by Gasteiger charge is -2.21. The number of unbranched alkanes of at least 4 members (excludes halogenated alkanes) is 4. The van der Waals surface area contributed by atoms with Crippen molar-refractivity contribution in [2.45, 2.75) is 71.1 Å². The third kappa shape index (κ3) is 7.02. The van der Waals surface area contributed by atoms with Gasteiger partial charge >= 0.3 is 5.97 Å². The third-order valence-electron chi connectivity index (χ3n) is 4.68. The topological polar surface area (TPSA) is 26.3 Å². The first-order chi connectivity index (χ1) is 11.3. The van der Waals surface area contributed by atoms with E-state index in [4.69, 9.17) is 4.74 Å². The summed E-state index contributed by atoms with van der Waals surface area (Å²) in [6.07, 6.45) is 14.3. The Morgan fingerprint density at radius 2 is 1.91 bits per heavy atom. The van der Waals surface area contributed by atoms with E-state index in [1.54, 1.807) is 0 Å². The Labute approximate surface area is 140 Å². The van der Waals surface area contributed by atoms with Crippen LogP contribution in [0, 0.1) is 5.92 Å². The number of rotatable bonds is 9. The average molecular weight is 314 g/mol. The summed E-state index contributed by atoms with van der Waals surface area (Å²) in [6, 6.07) is 9.33. The molecule has 0 saturated carbocycles. The van der Waals surface area contributed by atoms with Crippen molar-refractivity contribution in [2.24, 2.45) is 5.92 Å². The summed E-state index contributed by atoms with van der Waals surface area (Å²) in [4.78, 5) is 12.0. The van der Waals surface area contributed by atoms with Gasteiger partial charge in [0.2, 0.25) is 0 Å². The second-order valence-corrected chi connectivity index (χ2v) is 6.67. The van der Waals surface area contributed by atoms with Crippen LogP contribution < -0.4 is 4.74 Å². The van der Waals surface area contributed by atoms with E-state index in [9.17, 15) is 4.79 Å². The Balaban J connectivity index is 1.65. The van der Waals surface area contributed by atoms with Crippen molar-refractivity contribution in [1.29, 1.82) is 0 Å². The van der Waals surface area contributed by atoms with Gasteiger partial charge in [-0.25, -0.2) is 0 Å². The number of hydrogen-bond acceptors (Lipinski definition) is 2. The van der Waals surface area contributed by atoms with Gasteiger partial charge in [-0.1, -0.05) is 75.3 Å². The summed E-state index contributed by atoms with van der Waals surface area (Å²) >= 11 is 0. The molecule has 2 nitrogen and oxygen atoms in total. The molecule has 0 aromatic heterocycles. The van der Waals surface area contributed by atoms with Gasteiger partial charge in [-0.05, 0) is 37.3 Å². The molecule has 0 amide bonds. The highest BCUT2D eigenvalue weighted by Crippen LogP contribution is 2.29. The van der Waals surface area contributed by atoms with Crippen molar-refractivity contribution in [2.75, 3.05) is 0 Å². The first-order valence-electron chi connectivity index (χ1n) is 9.21. The number of para-hydroxylation sites is 1. The van der Waals surface area contributed by atoms with E-state index in [1.807, 2.05) is 30.3 Å². The first kappa shape index (κ1) is 17.8. The Morgan fingerprint density at radius 1 is 1.13 bits per heavy atom. The number of hydrogen-bond donors (Lipinski definition) is 0. The molecule has 1 aromatic carbocycles. The van der Waals surface area contributed by atoms with Crippen molar-refractivity contribution in [3.63, 3.8) is 0 Å². The molecule has 1 atom stereocenters. The van der Waals surface area contributed by atoms with E-state index in [-0.39, 0.29) is 5.97 Å². The molecule has 0 heterocycles. The first-order valence-corrected chi connectivity index (χ1v) is 9.21. The molecule has 2 rings (SSSR count). The zero-order chi connectivity index (χ0) is 16.3. The van der Waals surface area contributed by atoms with Gasteiger partial charge in [-0.2, -0.15) is 0 Å². The average Bonchev–Trinajstić information content (AvgIpc) is 2.57.